The minimum atomic E-state index is 0.539. The molecule has 1 atom stereocenters. The van der Waals surface area contributed by atoms with Gasteiger partial charge >= 0.3 is 0 Å². The van der Waals surface area contributed by atoms with Crippen LogP contribution in [0.25, 0.3) is 5.69 Å². The molecule has 2 nitrogen and oxygen atoms in total. The average molecular weight is 242 g/mol. The van der Waals surface area contributed by atoms with Gasteiger partial charge in [0, 0.05) is 30.7 Å². The van der Waals surface area contributed by atoms with E-state index >= 15 is 0 Å². The Morgan fingerprint density at radius 1 is 1.12 bits per heavy atom. The molecule has 1 fully saturated rings. The van der Waals surface area contributed by atoms with Crippen LogP contribution >= 0.6 is 11.8 Å². The summed E-state index contributed by atoms with van der Waals surface area (Å²) in [4.78, 5) is 2.59. The smallest absolute Gasteiger partial charge is 0.0974 e. The lowest BCUT2D eigenvalue weighted by molar-refractivity contribution is 0.283. The second kappa shape index (κ2) is 3.65. The van der Waals surface area contributed by atoms with Gasteiger partial charge in [0.2, 0.25) is 0 Å². The normalized spacial score (nSPS) is 22.7. The minimum absolute atomic E-state index is 0.539. The van der Waals surface area contributed by atoms with Gasteiger partial charge in [-0.1, -0.05) is 18.2 Å². The first-order chi connectivity index (χ1) is 8.43. The van der Waals surface area contributed by atoms with Crippen molar-refractivity contribution in [2.75, 3.05) is 12.3 Å². The molecular formula is C14H14N2S. The molecule has 2 aromatic rings. The Kier molecular flexibility index (Phi) is 2.11. The fourth-order valence-corrected chi connectivity index (χ4v) is 4.17. The maximum Gasteiger partial charge on any atom is 0.0974 e. The lowest BCUT2D eigenvalue weighted by Gasteiger charge is -2.20. The second-order valence-electron chi connectivity index (χ2n) is 4.63. The van der Waals surface area contributed by atoms with E-state index in [2.05, 4.69) is 63.8 Å². The van der Waals surface area contributed by atoms with Crippen LogP contribution in [0.3, 0.4) is 0 Å². The molecule has 3 heterocycles. The first-order valence-corrected chi connectivity index (χ1v) is 7.09. The Balaban J connectivity index is 1.97. The molecule has 3 heteroatoms. The maximum absolute atomic E-state index is 2.59. The van der Waals surface area contributed by atoms with Crippen LogP contribution in [0.2, 0.25) is 0 Å². The molecule has 0 radical (unpaired) electrons. The van der Waals surface area contributed by atoms with E-state index in [9.17, 15) is 0 Å². The van der Waals surface area contributed by atoms with Crippen molar-refractivity contribution in [3.63, 3.8) is 0 Å². The zero-order valence-corrected chi connectivity index (χ0v) is 10.4. The fraction of sp³-hybridized carbons (Fsp3) is 0.286. The van der Waals surface area contributed by atoms with Crippen LogP contribution < -0.4 is 0 Å². The number of thioether (sulfide) groups is 1. The Bertz CT molecular complexity index is 561. The van der Waals surface area contributed by atoms with Gasteiger partial charge in [-0.15, -0.1) is 11.8 Å². The van der Waals surface area contributed by atoms with Crippen molar-refractivity contribution in [3.8, 4) is 5.69 Å². The number of benzene rings is 1. The summed E-state index contributed by atoms with van der Waals surface area (Å²) in [5, 5.41) is 0.539. The topological polar surface area (TPSA) is 8.17 Å². The van der Waals surface area contributed by atoms with Gasteiger partial charge in [0.05, 0.1) is 11.1 Å². The molecule has 0 aliphatic carbocycles. The van der Waals surface area contributed by atoms with Crippen LogP contribution in [0.4, 0.5) is 0 Å². The molecule has 0 amide bonds. The van der Waals surface area contributed by atoms with E-state index in [1.54, 1.807) is 0 Å². The van der Waals surface area contributed by atoms with Gasteiger partial charge in [-0.2, -0.15) is 0 Å². The number of rotatable bonds is 0. The van der Waals surface area contributed by atoms with Crippen molar-refractivity contribution in [1.29, 1.82) is 0 Å². The summed E-state index contributed by atoms with van der Waals surface area (Å²) < 4.78 is 2.36. The number of nitrogens with zero attached hydrogens (tertiary/aromatic N) is 2. The van der Waals surface area contributed by atoms with Gasteiger partial charge in [0.1, 0.15) is 0 Å². The molecule has 0 spiro atoms. The molecule has 4 rings (SSSR count). The third-order valence-electron chi connectivity index (χ3n) is 3.64. The Hall–Kier alpha value is -1.19. The summed E-state index contributed by atoms with van der Waals surface area (Å²) in [6.07, 6.45) is 2.19. The predicted octanol–water partition coefficient (Wildman–Crippen LogP) is 3.04. The van der Waals surface area contributed by atoms with Gasteiger partial charge < -0.3 is 4.57 Å². The van der Waals surface area contributed by atoms with Gasteiger partial charge in [-0.05, 0) is 23.8 Å². The monoisotopic (exact) mass is 242 g/mol. The Labute approximate surface area is 105 Å². The van der Waals surface area contributed by atoms with E-state index < -0.39 is 0 Å². The molecule has 2 aliphatic heterocycles. The van der Waals surface area contributed by atoms with Gasteiger partial charge in [0.25, 0.3) is 0 Å². The average Bonchev–Trinajstić information content (AvgIpc) is 2.96. The van der Waals surface area contributed by atoms with Crippen LogP contribution in [0.5, 0.6) is 0 Å². The molecular weight excluding hydrogens is 228 g/mol. The Morgan fingerprint density at radius 2 is 2.06 bits per heavy atom. The van der Waals surface area contributed by atoms with Crippen molar-refractivity contribution in [3.05, 3.63) is 53.9 Å². The molecule has 2 aliphatic rings. The van der Waals surface area contributed by atoms with Crippen molar-refractivity contribution >= 4 is 11.8 Å². The number of hydrogen-bond acceptors (Lipinski definition) is 2. The fourth-order valence-electron chi connectivity index (χ4n) is 2.85. The molecule has 0 N–H and O–H groups in total. The van der Waals surface area contributed by atoms with Crippen LogP contribution in [0.1, 0.15) is 16.6 Å². The third-order valence-corrected chi connectivity index (χ3v) is 4.92. The molecule has 1 aromatic heterocycles. The molecule has 1 aromatic carbocycles. The second-order valence-corrected chi connectivity index (χ2v) is 5.81. The van der Waals surface area contributed by atoms with E-state index in [0.717, 1.165) is 6.54 Å². The highest BCUT2D eigenvalue weighted by molar-refractivity contribution is 7.99. The van der Waals surface area contributed by atoms with Crippen LogP contribution in [0.15, 0.2) is 42.6 Å². The van der Waals surface area contributed by atoms with E-state index in [0.29, 0.717) is 5.37 Å². The third kappa shape index (κ3) is 1.39. The van der Waals surface area contributed by atoms with Crippen LogP contribution in [0, 0.1) is 0 Å². The molecule has 0 bridgehead atoms. The largest absolute Gasteiger partial charge is 0.318 e. The zero-order chi connectivity index (χ0) is 11.2. The van der Waals surface area contributed by atoms with Crippen LogP contribution in [-0.2, 0) is 6.54 Å². The van der Waals surface area contributed by atoms with E-state index in [1.807, 2.05) is 0 Å². The number of hydrogen-bond donors (Lipinski definition) is 0. The van der Waals surface area contributed by atoms with E-state index in [1.165, 1.54) is 29.2 Å². The highest BCUT2D eigenvalue weighted by Crippen LogP contribution is 2.42. The highest BCUT2D eigenvalue weighted by atomic mass is 32.2. The van der Waals surface area contributed by atoms with Gasteiger partial charge in [0.15, 0.2) is 0 Å². The summed E-state index contributed by atoms with van der Waals surface area (Å²) in [6.45, 7) is 2.28. The molecule has 0 unspecified atom stereocenters. The number of para-hydroxylation sites is 1. The first-order valence-electron chi connectivity index (χ1n) is 6.05. The number of aromatic nitrogens is 1. The summed E-state index contributed by atoms with van der Waals surface area (Å²) >= 11 is 2.06. The minimum Gasteiger partial charge on any atom is -0.318 e. The summed E-state index contributed by atoms with van der Waals surface area (Å²) in [7, 11) is 0. The predicted molar refractivity (Wildman–Crippen MR) is 71.4 cm³/mol. The molecule has 1 saturated heterocycles. The summed E-state index contributed by atoms with van der Waals surface area (Å²) in [6, 6.07) is 13.2. The highest BCUT2D eigenvalue weighted by Gasteiger charge is 2.31. The number of fused-ring (bicyclic) bond motifs is 5. The molecule has 17 heavy (non-hydrogen) atoms. The quantitative estimate of drug-likeness (QED) is 0.701. The SMILES string of the molecule is c1ccc2c(c1)CN1CCS[C@@H]1c1cccn1-2. The van der Waals surface area contributed by atoms with Gasteiger partial charge in [-0.3, -0.25) is 4.90 Å². The molecule has 0 saturated carbocycles. The summed E-state index contributed by atoms with van der Waals surface area (Å²) in [5.74, 6) is 1.25. The first kappa shape index (κ1) is 9.80. The standard InChI is InChI=1S/C14H14N2S/c1-2-5-12-11(4-1)10-15-8-9-17-14(15)13-6-3-7-16(12)13/h1-7,14H,8-10H2/t14-/m1/s1. The molecule has 86 valence electrons. The van der Waals surface area contributed by atoms with Crippen molar-refractivity contribution in [2.24, 2.45) is 0 Å². The summed E-state index contributed by atoms with van der Waals surface area (Å²) in [5.41, 5.74) is 4.22. The lowest BCUT2D eigenvalue weighted by Crippen LogP contribution is -2.21. The van der Waals surface area contributed by atoms with Crippen molar-refractivity contribution < 1.29 is 0 Å². The zero-order valence-electron chi connectivity index (χ0n) is 9.54. The maximum atomic E-state index is 2.59. The van der Waals surface area contributed by atoms with E-state index in [-0.39, 0.29) is 0 Å². The van der Waals surface area contributed by atoms with Gasteiger partial charge in [-0.25, -0.2) is 0 Å². The van der Waals surface area contributed by atoms with Crippen molar-refractivity contribution in [2.45, 2.75) is 11.9 Å². The Morgan fingerprint density at radius 3 is 3.06 bits per heavy atom. The van der Waals surface area contributed by atoms with Crippen molar-refractivity contribution in [1.82, 2.24) is 9.47 Å². The lowest BCUT2D eigenvalue weighted by atomic mass is 10.1. The van der Waals surface area contributed by atoms with E-state index in [4.69, 9.17) is 0 Å². The van der Waals surface area contributed by atoms with Crippen LogP contribution in [-0.4, -0.2) is 21.8 Å².